The third-order valence-corrected chi connectivity index (χ3v) is 4.37. The van der Waals surface area contributed by atoms with Crippen LogP contribution in [0.2, 0.25) is 0 Å². The number of hydrogen-bond donors (Lipinski definition) is 2. The molecule has 0 unspecified atom stereocenters. The van der Waals surface area contributed by atoms with Crippen LogP contribution in [0.4, 0.5) is 17.1 Å². The topological polar surface area (TPSA) is 120 Å². The van der Waals surface area contributed by atoms with Gasteiger partial charge >= 0.3 is 0 Å². The van der Waals surface area contributed by atoms with E-state index in [-0.39, 0.29) is 28.6 Å². The zero-order valence-corrected chi connectivity index (χ0v) is 16.7. The van der Waals surface area contributed by atoms with Crippen molar-refractivity contribution < 1.29 is 24.0 Å². The van der Waals surface area contributed by atoms with E-state index in [9.17, 15) is 19.7 Å². The van der Waals surface area contributed by atoms with Gasteiger partial charge in [0.15, 0.2) is 0 Å². The van der Waals surface area contributed by atoms with E-state index in [4.69, 9.17) is 9.47 Å². The van der Waals surface area contributed by atoms with Crippen LogP contribution in [0.1, 0.15) is 20.7 Å². The average Bonchev–Trinajstić information content (AvgIpc) is 2.80. The summed E-state index contributed by atoms with van der Waals surface area (Å²) in [5, 5.41) is 16.4. The van der Waals surface area contributed by atoms with E-state index >= 15 is 0 Å². The molecule has 0 aliphatic heterocycles. The molecule has 0 saturated heterocycles. The van der Waals surface area contributed by atoms with E-state index in [1.54, 1.807) is 30.3 Å². The Labute approximate surface area is 177 Å². The largest absolute Gasteiger partial charge is 0.494 e. The van der Waals surface area contributed by atoms with Crippen molar-refractivity contribution in [1.29, 1.82) is 0 Å². The lowest BCUT2D eigenvalue weighted by Crippen LogP contribution is -2.15. The summed E-state index contributed by atoms with van der Waals surface area (Å²) in [7, 11) is 2.83. The molecule has 158 valence electrons. The fourth-order valence-electron chi connectivity index (χ4n) is 2.83. The van der Waals surface area contributed by atoms with Crippen LogP contribution in [-0.4, -0.2) is 31.0 Å². The van der Waals surface area contributed by atoms with Crippen LogP contribution >= 0.6 is 0 Å². The van der Waals surface area contributed by atoms with Crippen molar-refractivity contribution in [3.8, 4) is 11.5 Å². The van der Waals surface area contributed by atoms with Crippen LogP contribution in [0.15, 0.2) is 66.7 Å². The molecular formula is C22H19N3O6. The minimum absolute atomic E-state index is 0.108. The van der Waals surface area contributed by atoms with Gasteiger partial charge in [0.05, 0.1) is 30.5 Å². The predicted molar refractivity (Wildman–Crippen MR) is 115 cm³/mol. The molecule has 0 aromatic heterocycles. The molecule has 0 fully saturated rings. The summed E-state index contributed by atoms with van der Waals surface area (Å²) >= 11 is 0. The maximum atomic E-state index is 12.6. The summed E-state index contributed by atoms with van der Waals surface area (Å²) in [6.07, 6.45) is 0. The summed E-state index contributed by atoms with van der Waals surface area (Å²) in [6.45, 7) is 0. The lowest BCUT2D eigenvalue weighted by molar-refractivity contribution is -0.384. The number of anilines is 2. The molecular weight excluding hydrogens is 402 g/mol. The molecule has 3 rings (SSSR count). The Kier molecular flexibility index (Phi) is 6.46. The number of rotatable bonds is 7. The maximum Gasteiger partial charge on any atom is 0.270 e. The van der Waals surface area contributed by atoms with Crippen molar-refractivity contribution in [2.75, 3.05) is 24.9 Å². The van der Waals surface area contributed by atoms with Crippen LogP contribution in [0.3, 0.4) is 0 Å². The summed E-state index contributed by atoms with van der Waals surface area (Å²) in [5.41, 5.74) is 0.995. The van der Waals surface area contributed by atoms with E-state index in [1.807, 2.05) is 0 Å². The highest BCUT2D eigenvalue weighted by Gasteiger charge is 2.18. The second kappa shape index (κ2) is 9.40. The highest BCUT2D eigenvalue weighted by atomic mass is 16.6. The van der Waals surface area contributed by atoms with Crippen molar-refractivity contribution >= 4 is 28.9 Å². The van der Waals surface area contributed by atoms with Gasteiger partial charge in [-0.15, -0.1) is 0 Å². The Morgan fingerprint density at radius 3 is 1.81 bits per heavy atom. The first-order valence-electron chi connectivity index (χ1n) is 9.11. The monoisotopic (exact) mass is 421 g/mol. The van der Waals surface area contributed by atoms with E-state index < -0.39 is 10.8 Å². The highest BCUT2D eigenvalue weighted by Crippen LogP contribution is 2.37. The van der Waals surface area contributed by atoms with Gasteiger partial charge in [-0.1, -0.05) is 24.3 Å². The standard InChI is InChI=1S/C22H19N3O6/c1-30-19-13-18(24-22(27)15-9-6-10-16(11-15)25(28)29)20(31-2)12-17(19)23-21(26)14-7-4-3-5-8-14/h3-13H,1-2H3,(H,23,26)(H,24,27). The first-order valence-corrected chi connectivity index (χ1v) is 9.11. The molecule has 2 amide bonds. The van der Waals surface area contributed by atoms with E-state index in [0.29, 0.717) is 17.0 Å². The molecule has 0 aliphatic rings. The molecule has 9 heteroatoms. The minimum Gasteiger partial charge on any atom is -0.494 e. The fraction of sp³-hybridized carbons (Fsp3) is 0.0909. The molecule has 0 spiro atoms. The number of nitro groups is 1. The van der Waals surface area contributed by atoms with Crippen LogP contribution in [-0.2, 0) is 0 Å². The lowest BCUT2D eigenvalue weighted by atomic mass is 10.1. The second-order valence-electron chi connectivity index (χ2n) is 6.33. The zero-order valence-electron chi connectivity index (χ0n) is 16.7. The summed E-state index contributed by atoms with van der Waals surface area (Å²) in [5.74, 6) is -0.346. The molecule has 0 radical (unpaired) electrons. The van der Waals surface area contributed by atoms with Gasteiger partial charge in [-0.25, -0.2) is 0 Å². The third-order valence-electron chi connectivity index (χ3n) is 4.37. The van der Waals surface area contributed by atoms with Crippen molar-refractivity contribution in [3.05, 3.63) is 88.0 Å². The van der Waals surface area contributed by atoms with E-state index in [0.717, 1.165) is 0 Å². The molecule has 0 heterocycles. The molecule has 0 aliphatic carbocycles. The number of hydrogen-bond acceptors (Lipinski definition) is 6. The highest BCUT2D eigenvalue weighted by molar-refractivity contribution is 6.07. The normalized spacial score (nSPS) is 10.1. The van der Waals surface area contributed by atoms with Gasteiger partial charge in [0.2, 0.25) is 0 Å². The van der Waals surface area contributed by atoms with Gasteiger partial charge in [-0.05, 0) is 18.2 Å². The molecule has 3 aromatic rings. The first-order chi connectivity index (χ1) is 14.9. The number of nitrogens with zero attached hydrogens (tertiary/aromatic N) is 1. The van der Waals surface area contributed by atoms with Gasteiger partial charge in [0.25, 0.3) is 17.5 Å². The van der Waals surface area contributed by atoms with Gasteiger partial charge in [-0.2, -0.15) is 0 Å². The predicted octanol–water partition coefficient (Wildman–Crippen LogP) is 4.12. The van der Waals surface area contributed by atoms with Gasteiger partial charge < -0.3 is 20.1 Å². The number of methoxy groups -OCH3 is 2. The van der Waals surface area contributed by atoms with Crippen LogP contribution in [0, 0.1) is 10.1 Å². The molecule has 0 saturated carbocycles. The van der Waals surface area contributed by atoms with Crippen molar-refractivity contribution in [2.45, 2.75) is 0 Å². The SMILES string of the molecule is COc1cc(NC(=O)c2cccc([N+](=O)[O-])c2)c(OC)cc1NC(=O)c1ccccc1. The number of nitro benzene ring substituents is 1. The number of nitrogens with one attached hydrogen (secondary N) is 2. The van der Waals surface area contributed by atoms with Crippen molar-refractivity contribution in [1.82, 2.24) is 0 Å². The molecule has 0 atom stereocenters. The summed E-state index contributed by atoms with van der Waals surface area (Å²) in [6, 6.07) is 17.0. The summed E-state index contributed by atoms with van der Waals surface area (Å²) in [4.78, 5) is 35.5. The number of carbonyl (C=O) groups excluding carboxylic acids is 2. The Hall–Kier alpha value is -4.40. The molecule has 31 heavy (non-hydrogen) atoms. The maximum absolute atomic E-state index is 12.6. The van der Waals surface area contributed by atoms with Crippen LogP contribution < -0.4 is 20.1 Å². The smallest absolute Gasteiger partial charge is 0.270 e. The lowest BCUT2D eigenvalue weighted by Gasteiger charge is -2.16. The Morgan fingerprint density at radius 2 is 1.29 bits per heavy atom. The molecule has 9 nitrogen and oxygen atoms in total. The molecule has 2 N–H and O–H groups in total. The number of carbonyl (C=O) groups is 2. The van der Waals surface area contributed by atoms with Crippen molar-refractivity contribution in [2.24, 2.45) is 0 Å². The first kappa shape index (κ1) is 21.3. The Bertz CT molecular complexity index is 1130. The number of ether oxygens (including phenoxy) is 2. The van der Waals surface area contributed by atoms with Crippen molar-refractivity contribution in [3.63, 3.8) is 0 Å². The van der Waals surface area contributed by atoms with E-state index in [1.165, 1.54) is 50.6 Å². The minimum atomic E-state index is -0.579. The molecule has 0 bridgehead atoms. The van der Waals surface area contributed by atoms with E-state index in [2.05, 4.69) is 10.6 Å². The Morgan fingerprint density at radius 1 is 0.774 bits per heavy atom. The number of amides is 2. The van der Waals surface area contributed by atoms with Gasteiger partial charge in [-0.3, -0.25) is 19.7 Å². The fourth-order valence-corrected chi connectivity index (χ4v) is 2.83. The second-order valence-corrected chi connectivity index (χ2v) is 6.33. The zero-order chi connectivity index (χ0) is 22.4. The number of benzene rings is 3. The quantitative estimate of drug-likeness (QED) is 0.437. The van der Waals surface area contributed by atoms with Crippen LogP contribution in [0.5, 0.6) is 11.5 Å². The number of non-ortho nitro benzene ring substituents is 1. The summed E-state index contributed by atoms with van der Waals surface area (Å²) < 4.78 is 10.7. The van der Waals surface area contributed by atoms with Crippen LogP contribution in [0.25, 0.3) is 0 Å². The third kappa shape index (κ3) is 4.96. The molecule has 3 aromatic carbocycles. The van der Waals surface area contributed by atoms with Gasteiger partial charge in [0, 0.05) is 35.4 Å². The average molecular weight is 421 g/mol. The Balaban J connectivity index is 1.88. The van der Waals surface area contributed by atoms with Gasteiger partial charge in [0.1, 0.15) is 11.5 Å².